The Hall–Kier alpha value is -3.71. The van der Waals surface area contributed by atoms with Gasteiger partial charge in [0.05, 0.1) is 23.7 Å². The van der Waals surface area contributed by atoms with Gasteiger partial charge in [-0.1, -0.05) is 17.7 Å². The number of benzene rings is 2. The van der Waals surface area contributed by atoms with Crippen molar-refractivity contribution in [2.75, 3.05) is 12.0 Å². The number of Topliss-reactive ketones (excluding diaryl/α,β-unsaturated/α-hetero) is 1. The maximum absolute atomic E-state index is 13.4. The summed E-state index contributed by atoms with van der Waals surface area (Å²) in [5.74, 6) is -2.19. The van der Waals surface area contributed by atoms with Crippen LogP contribution in [0.25, 0.3) is 5.76 Å². The van der Waals surface area contributed by atoms with E-state index in [9.17, 15) is 19.1 Å². The molecule has 1 saturated heterocycles. The van der Waals surface area contributed by atoms with Crippen LogP contribution >= 0.6 is 11.6 Å². The van der Waals surface area contributed by atoms with E-state index < -0.39 is 23.5 Å². The SMILES string of the molecule is COc1ccc(/C(O)=C2/C(=O)C(=O)N(c3ccc(F)cc3)C2c2cccnc2)cc1Cl. The molecule has 1 aromatic heterocycles. The van der Waals surface area contributed by atoms with E-state index in [1.165, 1.54) is 54.6 Å². The first kappa shape index (κ1) is 20.6. The van der Waals surface area contributed by atoms with Gasteiger partial charge in [0, 0.05) is 23.6 Å². The number of aliphatic hydroxyl groups excluding tert-OH is 1. The molecule has 2 heterocycles. The number of carbonyl (C=O) groups excluding carboxylic acids is 2. The van der Waals surface area contributed by atoms with Crippen molar-refractivity contribution < 1.29 is 23.8 Å². The molecule has 1 fully saturated rings. The van der Waals surface area contributed by atoms with E-state index in [-0.39, 0.29) is 21.9 Å². The highest BCUT2D eigenvalue weighted by Gasteiger charge is 2.47. The highest BCUT2D eigenvalue weighted by molar-refractivity contribution is 6.51. The molecule has 0 saturated carbocycles. The van der Waals surface area contributed by atoms with Crippen LogP contribution in [0.1, 0.15) is 17.2 Å². The van der Waals surface area contributed by atoms with E-state index >= 15 is 0 Å². The molecule has 1 aliphatic heterocycles. The maximum atomic E-state index is 13.4. The van der Waals surface area contributed by atoms with Crippen molar-refractivity contribution in [1.29, 1.82) is 0 Å². The van der Waals surface area contributed by atoms with E-state index in [4.69, 9.17) is 16.3 Å². The standard InChI is InChI=1S/C23H16ClFN2O4/c1-31-18-9-4-13(11-17(18)24)21(28)19-20(14-3-2-10-26-12-14)27(23(30)22(19)29)16-7-5-15(25)6-8-16/h2-12,20,28H,1H3/b21-19-. The Morgan fingerprint density at radius 1 is 1.16 bits per heavy atom. The van der Waals surface area contributed by atoms with Gasteiger partial charge in [0.1, 0.15) is 17.3 Å². The van der Waals surface area contributed by atoms with E-state index in [0.29, 0.717) is 17.0 Å². The number of amides is 1. The van der Waals surface area contributed by atoms with Crippen LogP contribution in [-0.4, -0.2) is 28.9 Å². The van der Waals surface area contributed by atoms with E-state index in [1.54, 1.807) is 24.4 Å². The molecule has 1 unspecified atom stereocenters. The second-order valence-electron chi connectivity index (χ2n) is 6.78. The van der Waals surface area contributed by atoms with Crippen LogP contribution in [0.4, 0.5) is 10.1 Å². The molecule has 3 aromatic rings. The number of aromatic nitrogens is 1. The van der Waals surface area contributed by atoms with Gasteiger partial charge in [0.25, 0.3) is 11.7 Å². The Labute approximate surface area is 182 Å². The molecule has 0 aliphatic carbocycles. The summed E-state index contributed by atoms with van der Waals surface area (Å²) < 4.78 is 18.6. The van der Waals surface area contributed by atoms with Crippen LogP contribution in [0.2, 0.25) is 5.02 Å². The summed E-state index contributed by atoms with van der Waals surface area (Å²) in [6.45, 7) is 0. The molecule has 156 valence electrons. The average Bonchev–Trinajstić information content (AvgIpc) is 3.05. The lowest BCUT2D eigenvalue weighted by molar-refractivity contribution is -0.132. The molecule has 1 N–H and O–H groups in total. The van der Waals surface area contributed by atoms with Crippen molar-refractivity contribution >= 4 is 34.7 Å². The number of rotatable bonds is 4. The number of methoxy groups -OCH3 is 1. The number of ketones is 1. The summed E-state index contributed by atoms with van der Waals surface area (Å²) in [6.07, 6.45) is 3.05. The van der Waals surface area contributed by atoms with Crippen molar-refractivity contribution in [3.63, 3.8) is 0 Å². The van der Waals surface area contributed by atoms with Crippen molar-refractivity contribution in [3.8, 4) is 5.75 Å². The average molecular weight is 439 g/mol. The molecule has 1 aliphatic rings. The minimum absolute atomic E-state index is 0.122. The maximum Gasteiger partial charge on any atom is 0.300 e. The fourth-order valence-electron chi connectivity index (χ4n) is 3.52. The normalized spacial score (nSPS) is 17.8. The zero-order valence-corrected chi connectivity index (χ0v) is 17.0. The summed E-state index contributed by atoms with van der Waals surface area (Å²) in [4.78, 5) is 31.3. The van der Waals surface area contributed by atoms with E-state index in [2.05, 4.69) is 4.98 Å². The third kappa shape index (κ3) is 3.64. The van der Waals surface area contributed by atoms with Gasteiger partial charge < -0.3 is 9.84 Å². The molecule has 0 spiro atoms. The Morgan fingerprint density at radius 2 is 1.90 bits per heavy atom. The Morgan fingerprint density at radius 3 is 2.52 bits per heavy atom. The fraction of sp³-hybridized carbons (Fsp3) is 0.0870. The molecular formula is C23H16ClFN2O4. The molecule has 4 rings (SSSR count). The first-order valence-corrected chi connectivity index (χ1v) is 9.60. The van der Waals surface area contributed by atoms with Gasteiger partial charge in [0.2, 0.25) is 0 Å². The summed E-state index contributed by atoms with van der Waals surface area (Å²) >= 11 is 6.17. The lowest BCUT2D eigenvalue weighted by Crippen LogP contribution is -2.29. The minimum atomic E-state index is -0.958. The highest BCUT2D eigenvalue weighted by atomic mass is 35.5. The highest BCUT2D eigenvalue weighted by Crippen LogP contribution is 2.42. The van der Waals surface area contributed by atoms with E-state index in [0.717, 1.165) is 0 Å². The summed E-state index contributed by atoms with van der Waals surface area (Å²) in [5, 5.41) is 11.3. The molecule has 1 amide bonds. The number of hydrogen-bond acceptors (Lipinski definition) is 5. The minimum Gasteiger partial charge on any atom is -0.507 e. The molecule has 6 nitrogen and oxygen atoms in total. The number of halogens is 2. The van der Waals surface area contributed by atoms with E-state index in [1.807, 2.05) is 0 Å². The van der Waals surface area contributed by atoms with Gasteiger partial charge in [-0.05, 0) is 54.1 Å². The summed E-state index contributed by atoms with van der Waals surface area (Å²) in [5.41, 5.74) is 0.941. The number of anilines is 1. The van der Waals surface area contributed by atoms with Crippen LogP contribution in [0.15, 0.2) is 72.6 Å². The number of hydrogen-bond donors (Lipinski definition) is 1. The topological polar surface area (TPSA) is 79.7 Å². The lowest BCUT2D eigenvalue weighted by Gasteiger charge is -2.25. The van der Waals surface area contributed by atoms with Gasteiger partial charge >= 0.3 is 0 Å². The van der Waals surface area contributed by atoms with Crippen LogP contribution < -0.4 is 9.64 Å². The van der Waals surface area contributed by atoms with Crippen LogP contribution in [-0.2, 0) is 9.59 Å². The molecule has 8 heteroatoms. The largest absolute Gasteiger partial charge is 0.507 e. The predicted octanol–water partition coefficient (Wildman–Crippen LogP) is 4.51. The molecule has 31 heavy (non-hydrogen) atoms. The second-order valence-corrected chi connectivity index (χ2v) is 7.19. The smallest absolute Gasteiger partial charge is 0.300 e. The molecule has 1 atom stereocenters. The van der Waals surface area contributed by atoms with Crippen LogP contribution in [0, 0.1) is 5.82 Å². The monoisotopic (exact) mass is 438 g/mol. The fourth-order valence-corrected chi connectivity index (χ4v) is 3.78. The van der Waals surface area contributed by atoms with Crippen molar-refractivity contribution in [2.45, 2.75) is 6.04 Å². The molecule has 2 aromatic carbocycles. The van der Waals surface area contributed by atoms with Gasteiger partial charge in [-0.15, -0.1) is 0 Å². The quantitative estimate of drug-likeness (QED) is 0.368. The lowest BCUT2D eigenvalue weighted by atomic mass is 9.96. The van der Waals surface area contributed by atoms with Crippen LogP contribution in [0.3, 0.4) is 0 Å². The van der Waals surface area contributed by atoms with Crippen molar-refractivity contribution in [3.05, 3.63) is 94.5 Å². The van der Waals surface area contributed by atoms with Gasteiger partial charge in [-0.25, -0.2) is 4.39 Å². The Balaban J connectivity index is 1.92. The first-order chi connectivity index (χ1) is 14.9. The van der Waals surface area contributed by atoms with Gasteiger partial charge in [-0.2, -0.15) is 0 Å². The Bertz CT molecular complexity index is 1200. The number of carbonyl (C=O) groups is 2. The molecular weight excluding hydrogens is 423 g/mol. The first-order valence-electron chi connectivity index (χ1n) is 9.22. The second kappa shape index (κ2) is 8.20. The number of ether oxygens (including phenoxy) is 1. The number of nitrogens with zero attached hydrogens (tertiary/aromatic N) is 2. The van der Waals surface area contributed by atoms with Gasteiger partial charge in [0.15, 0.2) is 0 Å². The zero-order chi connectivity index (χ0) is 22.1. The zero-order valence-electron chi connectivity index (χ0n) is 16.3. The van der Waals surface area contributed by atoms with Crippen molar-refractivity contribution in [2.24, 2.45) is 0 Å². The molecule has 0 bridgehead atoms. The Kier molecular flexibility index (Phi) is 5.44. The predicted molar refractivity (Wildman–Crippen MR) is 113 cm³/mol. The molecule has 0 radical (unpaired) electrons. The summed E-state index contributed by atoms with van der Waals surface area (Å²) in [6, 6.07) is 12.1. The summed E-state index contributed by atoms with van der Waals surface area (Å²) in [7, 11) is 1.46. The van der Waals surface area contributed by atoms with Crippen LogP contribution in [0.5, 0.6) is 5.75 Å². The van der Waals surface area contributed by atoms with Crippen molar-refractivity contribution in [1.82, 2.24) is 4.98 Å². The third-order valence-corrected chi connectivity index (χ3v) is 5.27. The number of pyridine rings is 1. The third-order valence-electron chi connectivity index (χ3n) is 4.97. The number of aliphatic hydroxyl groups is 1. The van der Waals surface area contributed by atoms with Gasteiger partial charge in [-0.3, -0.25) is 19.5 Å².